The maximum Gasteiger partial charge on any atom is 0.322 e. The summed E-state index contributed by atoms with van der Waals surface area (Å²) in [6.45, 7) is 3.79. The van der Waals surface area contributed by atoms with E-state index in [1.807, 2.05) is 0 Å². The first-order chi connectivity index (χ1) is 7.28. The average Bonchev–Trinajstić information content (AvgIpc) is 2.65. The summed E-state index contributed by atoms with van der Waals surface area (Å²) in [5, 5.41) is 8.94. The molecule has 1 rings (SSSR count). The SMILES string of the molecule is CC(C)N(C)S(=O)(=O)N1CCC[C@@H]1C(=O)O. The van der Waals surface area contributed by atoms with Crippen molar-refractivity contribution in [1.29, 1.82) is 0 Å². The molecule has 6 nitrogen and oxygen atoms in total. The number of aliphatic carboxylic acids is 1. The van der Waals surface area contributed by atoms with Crippen LogP contribution in [0.1, 0.15) is 26.7 Å². The van der Waals surface area contributed by atoms with Crippen molar-refractivity contribution in [2.24, 2.45) is 0 Å². The minimum atomic E-state index is -3.65. The van der Waals surface area contributed by atoms with Crippen LogP contribution in [0.4, 0.5) is 0 Å². The Morgan fingerprint density at radius 3 is 2.50 bits per heavy atom. The molecule has 0 unspecified atom stereocenters. The van der Waals surface area contributed by atoms with Gasteiger partial charge < -0.3 is 5.11 Å². The summed E-state index contributed by atoms with van der Waals surface area (Å²) in [5.74, 6) is -1.07. The Hall–Kier alpha value is -0.660. The fourth-order valence-corrected chi connectivity index (χ4v) is 3.44. The number of rotatable bonds is 4. The first-order valence-electron chi connectivity index (χ1n) is 5.26. The lowest BCUT2D eigenvalue weighted by molar-refractivity contribution is -0.140. The lowest BCUT2D eigenvalue weighted by Crippen LogP contribution is -2.49. The van der Waals surface area contributed by atoms with Crippen molar-refractivity contribution < 1.29 is 18.3 Å². The second kappa shape index (κ2) is 4.68. The van der Waals surface area contributed by atoms with E-state index in [1.165, 1.54) is 11.4 Å². The Kier molecular flexibility index (Phi) is 3.92. The van der Waals surface area contributed by atoms with E-state index in [0.717, 1.165) is 4.31 Å². The Morgan fingerprint density at radius 2 is 2.06 bits per heavy atom. The molecule has 94 valence electrons. The number of hydrogen-bond acceptors (Lipinski definition) is 3. The molecule has 0 bridgehead atoms. The van der Waals surface area contributed by atoms with Crippen LogP contribution in [0.25, 0.3) is 0 Å². The van der Waals surface area contributed by atoms with Crippen LogP contribution in [0.2, 0.25) is 0 Å². The van der Waals surface area contributed by atoms with Crippen molar-refractivity contribution in [2.75, 3.05) is 13.6 Å². The molecule has 1 aliphatic rings. The maximum atomic E-state index is 12.1. The second-order valence-corrected chi connectivity index (χ2v) is 6.17. The highest BCUT2D eigenvalue weighted by atomic mass is 32.2. The summed E-state index contributed by atoms with van der Waals surface area (Å²) in [6.07, 6.45) is 0.989. The van der Waals surface area contributed by atoms with Crippen LogP contribution in [0.3, 0.4) is 0 Å². The smallest absolute Gasteiger partial charge is 0.322 e. The van der Waals surface area contributed by atoms with Crippen molar-refractivity contribution in [2.45, 2.75) is 38.8 Å². The van der Waals surface area contributed by atoms with Crippen LogP contribution in [-0.4, -0.2) is 53.8 Å². The zero-order valence-electron chi connectivity index (χ0n) is 9.75. The van der Waals surface area contributed by atoms with E-state index in [9.17, 15) is 13.2 Å². The van der Waals surface area contributed by atoms with Gasteiger partial charge in [0, 0.05) is 19.6 Å². The monoisotopic (exact) mass is 250 g/mol. The molecule has 0 aromatic carbocycles. The van der Waals surface area contributed by atoms with E-state index >= 15 is 0 Å². The van der Waals surface area contributed by atoms with E-state index < -0.39 is 22.2 Å². The van der Waals surface area contributed by atoms with Crippen molar-refractivity contribution in [3.63, 3.8) is 0 Å². The molecule has 1 fully saturated rings. The highest BCUT2D eigenvalue weighted by Crippen LogP contribution is 2.23. The lowest BCUT2D eigenvalue weighted by atomic mass is 10.2. The minimum Gasteiger partial charge on any atom is -0.480 e. The number of nitrogens with zero attached hydrogens (tertiary/aromatic N) is 2. The van der Waals surface area contributed by atoms with Crippen LogP contribution in [0.15, 0.2) is 0 Å². The summed E-state index contributed by atoms with van der Waals surface area (Å²) >= 11 is 0. The van der Waals surface area contributed by atoms with Crippen molar-refractivity contribution in [1.82, 2.24) is 8.61 Å². The van der Waals surface area contributed by atoms with Gasteiger partial charge in [0.05, 0.1) is 0 Å². The third kappa shape index (κ3) is 2.36. The Labute approximate surface area is 96.0 Å². The quantitative estimate of drug-likeness (QED) is 0.768. The molecular formula is C9H18N2O4S. The second-order valence-electron chi connectivity index (χ2n) is 4.22. The van der Waals surface area contributed by atoms with E-state index in [4.69, 9.17) is 5.11 Å². The topological polar surface area (TPSA) is 77.9 Å². The van der Waals surface area contributed by atoms with E-state index in [0.29, 0.717) is 12.8 Å². The zero-order chi connectivity index (χ0) is 12.5. The first kappa shape index (κ1) is 13.4. The number of carbonyl (C=O) groups is 1. The fourth-order valence-electron chi connectivity index (χ4n) is 1.69. The molecular weight excluding hydrogens is 232 g/mol. The van der Waals surface area contributed by atoms with Crippen LogP contribution < -0.4 is 0 Å². The third-order valence-electron chi connectivity index (χ3n) is 2.88. The molecule has 0 spiro atoms. The molecule has 0 radical (unpaired) electrons. The molecule has 1 saturated heterocycles. The minimum absolute atomic E-state index is 0.181. The number of carboxylic acids is 1. The highest BCUT2D eigenvalue weighted by Gasteiger charge is 2.41. The summed E-state index contributed by atoms with van der Waals surface area (Å²) in [5.41, 5.74) is 0. The van der Waals surface area contributed by atoms with Crippen LogP contribution in [0, 0.1) is 0 Å². The largest absolute Gasteiger partial charge is 0.480 e. The number of hydrogen-bond donors (Lipinski definition) is 1. The predicted molar refractivity (Wildman–Crippen MR) is 59.2 cm³/mol. The van der Waals surface area contributed by atoms with Gasteiger partial charge in [0.15, 0.2) is 0 Å². The van der Waals surface area contributed by atoms with E-state index in [2.05, 4.69) is 0 Å². The Balaban J connectivity index is 2.95. The van der Waals surface area contributed by atoms with Crippen LogP contribution in [-0.2, 0) is 15.0 Å². The van der Waals surface area contributed by atoms with Gasteiger partial charge in [0.2, 0.25) is 0 Å². The average molecular weight is 250 g/mol. The molecule has 0 aromatic rings. The van der Waals surface area contributed by atoms with Gasteiger partial charge >= 0.3 is 5.97 Å². The number of carboxylic acid groups (broad SMARTS) is 1. The summed E-state index contributed by atoms with van der Waals surface area (Å²) < 4.78 is 26.4. The summed E-state index contributed by atoms with van der Waals surface area (Å²) in [7, 11) is -2.18. The predicted octanol–water partition coefficient (Wildman–Crippen LogP) is 0.120. The third-order valence-corrected chi connectivity index (χ3v) is 5.06. The molecule has 0 aromatic heterocycles. The lowest BCUT2D eigenvalue weighted by Gasteiger charge is -2.29. The van der Waals surface area contributed by atoms with Crippen LogP contribution in [0.5, 0.6) is 0 Å². The molecule has 0 aliphatic carbocycles. The standard InChI is InChI=1S/C9H18N2O4S/c1-7(2)10(3)16(14,15)11-6-4-5-8(11)9(12)13/h7-8H,4-6H2,1-3H3,(H,12,13)/t8-/m1/s1. The molecule has 7 heteroatoms. The van der Waals surface area contributed by atoms with Gasteiger partial charge in [-0.05, 0) is 26.7 Å². The first-order valence-corrected chi connectivity index (χ1v) is 6.65. The van der Waals surface area contributed by atoms with Crippen molar-refractivity contribution in [3.05, 3.63) is 0 Å². The fraction of sp³-hybridized carbons (Fsp3) is 0.889. The van der Waals surface area contributed by atoms with Crippen molar-refractivity contribution >= 4 is 16.2 Å². The maximum absolute atomic E-state index is 12.1. The summed E-state index contributed by atoms with van der Waals surface area (Å²) in [6, 6.07) is -1.09. The van der Waals surface area contributed by atoms with Gasteiger partial charge in [-0.3, -0.25) is 4.79 Å². The molecule has 0 amide bonds. The summed E-state index contributed by atoms with van der Waals surface area (Å²) in [4.78, 5) is 10.9. The molecule has 1 atom stereocenters. The molecule has 1 N–H and O–H groups in total. The zero-order valence-corrected chi connectivity index (χ0v) is 10.6. The van der Waals surface area contributed by atoms with Gasteiger partial charge in [-0.2, -0.15) is 17.0 Å². The van der Waals surface area contributed by atoms with Gasteiger partial charge in [0.25, 0.3) is 10.2 Å². The highest BCUT2D eigenvalue weighted by molar-refractivity contribution is 7.86. The Bertz CT molecular complexity index is 366. The normalized spacial score (nSPS) is 23.2. The van der Waals surface area contributed by atoms with Gasteiger partial charge in [-0.25, -0.2) is 0 Å². The van der Waals surface area contributed by atoms with E-state index in [1.54, 1.807) is 13.8 Å². The molecule has 16 heavy (non-hydrogen) atoms. The molecule has 1 aliphatic heterocycles. The van der Waals surface area contributed by atoms with Gasteiger partial charge in [-0.15, -0.1) is 0 Å². The molecule has 0 saturated carbocycles. The van der Waals surface area contributed by atoms with E-state index in [-0.39, 0.29) is 12.6 Å². The van der Waals surface area contributed by atoms with Gasteiger partial charge in [0.1, 0.15) is 6.04 Å². The van der Waals surface area contributed by atoms with Crippen LogP contribution >= 0.6 is 0 Å². The van der Waals surface area contributed by atoms with Gasteiger partial charge in [-0.1, -0.05) is 0 Å². The molecule has 1 heterocycles. The van der Waals surface area contributed by atoms with Crippen molar-refractivity contribution in [3.8, 4) is 0 Å². The Morgan fingerprint density at radius 1 is 1.50 bits per heavy atom.